The van der Waals surface area contributed by atoms with E-state index in [-0.39, 0.29) is 76.3 Å². The summed E-state index contributed by atoms with van der Waals surface area (Å²) in [4.78, 5) is 253. The van der Waals surface area contributed by atoms with E-state index in [1.807, 2.05) is 0 Å². The van der Waals surface area contributed by atoms with E-state index in [4.69, 9.17) is 191 Å². The van der Waals surface area contributed by atoms with Gasteiger partial charge < -0.3 is 150 Å². The van der Waals surface area contributed by atoms with Gasteiger partial charge in [0.1, 0.15) is 144 Å². The topological polar surface area (TPSA) is 763 Å². The molecule has 9 aromatic rings. The minimum Gasteiger partial charge on any atom is -0.780 e. The average molecular weight is 2270 g/mol. The van der Waals surface area contributed by atoms with Crippen LogP contribution in [0.1, 0.15) is 123 Å². The molecule has 7 fully saturated rings. The predicted molar refractivity (Wildman–Crippen MR) is 503 cm³/mol. The fraction of sp³-hybridized carbons (Fsp3) is 0.577. The van der Waals surface area contributed by atoms with Crippen molar-refractivity contribution >= 4 is 164 Å². The third-order valence-electron chi connectivity index (χ3n) is 23.5. The number of nitrogen functional groups attached to an aromatic ring is 2. The number of ether oxygens (including phenoxy) is 7. The van der Waals surface area contributed by atoms with Crippen LogP contribution in [0.3, 0.4) is 0 Å². The molecule has 0 radical (unpaired) electrons. The summed E-state index contributed by atoms with van der Waals surface area (Å²) in [6.45, 7) is -30.5. The molecule has 0 aliphatic carbocycles. The van der Waals surface area contributed by atoms with Crippen LogP contribution >= 0.6 is 47.1 Å². The van der Waals surface area contributed by atoms with Crippen molar-refractivity contribution in [2.45, 2.75) is 216 Å². The van der Waals surface area contributed by atoms with Crippen LogP contribution in [0.25, 0.3) is 22.3 Å². The molecular weight excluding hydrogens is 2180 g/mol. The summed E-state index contributed by atoms with van der Waals surface area (Å²) in [7, 11) is 1.00. The van der Waals surface area contributed by atoms with E-state index in [1.165, 1.54) is 70.6 Å². The highest BCUT2D eigenvalue weighted by Crippen LogP contribution is 2.56. The first-order chi connectivity index (χ1) is 67.2. The standard InChI is InChI=1S/C71H93N20O38P7S7/c1-30-15-85(67(97)80-62(30)92)49-9-37(124-130(102,137)109-7)43(117-49)20-111-132(104,139)126-39-11-51(87-17-32(3)64(94)82-69(87)99)119-45(39)22-112-133(105,140)127-40-12-52(88-18-33(4)65(95)83-70(88)100)120-46(40)23-113-134(106,141)128-41-13-53(89-19-34(5)66(96)84-71(89)101)121-47(41)24-114-136(108,143)129-42-14-55(91-29-79-57-59(73)75-27-77-61(57)91)122-48(42)25-115-135(107,142)125-38-10-50(86-16-31(2)63(93)81-68(86)98)118-44(38)21-110-131(103,138)123-36-8-54(116-35(36)6)90-28-78-56-58(72)74-26-76-60(56)90/h15-19,26-29,35-55H,8-14,20-25H2,1-7H3,(H,102,137)(H,103,138)(H,104,139)(H,105,140)(H,106,141)(H,107,142)(H,108,143)(H2,72,74,76)(H2,73,75,77)(H,80,92,97)(H,81,93,98)(H,82,94,99)(H,83,95,100)(H,84,96,101)/p-7/t35-,36?,37?,38?,39?,40?,41?,42?,43-,44-,45-,46-,47-,48-,49-,50-,51-,52-,53-,54-,55-,130?,131?,132?,133?,134?,135?,136?/m1/s1. The Bertz CT molecular complexity index is 7380. The van der Waals surface area contributed by atoms with Gasteiger partial charge in [-0.25, -0.2) is 53.9 Å². The predicted octanol–water partition coefficient (Wildman–Crippen LogP) is -3.24. The van der Waals surface area contributed by atoms with Crippen molar-refractivity contribution in [3.8, 4) is 0 Å². The van der Waals surface area contributed by atoms with Crippen LogP contribution in [-0.2, 0) is 184 Å². The number of nitrogens with two attached hydrogens (primary N) is 2. The fourth-order valence-corrected chi connectivity index (χ4v) is 26.2. The molecule has 72 heteroatoms. The summed E-state index contributed by atoms with van der Waals surface area (Å²) < 4.78 is 145. The summed E-state index contributed by atoms with van der Waals surface area (Å²) in [6, 6.07) is 0. The molecule has 0 saturated carbocycles. The molecule has 0 spiro atoms. The van der Waals surface area contributed by atoms with E-state index in [9.17, 15) is 81.9 Å². The number of aromatic nitrogens is 18. The maximum absolute atomic E-state index is 15.0. The van der Waals surface area contributed by atoms with Gasteiger partial charge in [-0.2, -0.15) is 0 Å². The minimum atomic E-state index is -5.09. The second-order valence-corrected chi connectivity index (χ2v) is 52.4. The van der Waals surface area contributed by atoms with Gasteiger partial charge in [-0.05, 0) is 41.5 Å². The number of H-pyrrole nitrogens is 5. The first kappa shape index (κ1) is 109. The number of nitrogens with zero attached hydrogens (tertiary/aromatic N) is 13. The minimum absolute atomic E-state index is 0.00750. The molecule has 0 amide bonds. The molecule has 7 saturated heterocycles. The fourth-order valence-electron chi connectivity index (χ4n) is 16.4. The van der Waals surface area contributed by atoms with Crippen molar-refractivity contribution in [1.29, 1.82) is 0 Å². The van der Waals surface area contributed by atoms with Gasteiger partial charge in [-0.1, -0.05) is 70.8 Å². The number of anilines is 2. The maximum atomic E-state index is 15.0. The van der Waals surface area contributed by atoms with E-state index in [0.29, 0.717) is 11.2 Å². The van der Waals surface area contributed by atoms with Gasteiger partial charge in [-0.3, -0.25) is 85.4 Å². The lowest BCUT2D eigenvalue weighted by molar-refractivity contribution is -0.222. The van der Waals surface area contributed by atoms with Gasteiger partial charge in [0.25, 0.3) is 27.8 Å². The van der Waals surface area contributed by atoms with Crippen molar-refractivity contribution < 1.29 is 130 Å². The van der Waals surface area contributed by atoms with Crippen molar-refractivity contribution in [2.75, 3.05) is 58.2 Å². The quantitative estimate of drug-likeness (QED) is 0.0147. The smallest absolute Gasteiger partial charge is 0.330 e. The first-order valence-corrected chi connectivity index (χ1v) is 60.6. The van der Waals surface area contributed by atoms with E-state index < -0.39 is 291 Å². The number of rotatable bonds is 40. The lowest BCUT2D eigenvalue weighted by Gasteiger charge is -2.37. The summed E-state index contributed by atoms with van der Waals surface area (Å²) in [5.41, 5.74) is 4.50. The van der Waals surface area contributed by atoms with E-state index in [1.54, 1.807) is 11.5 Å². The molecule has 143 heavy (non-hydrogen) atoms. The summed E-state index contributed by atoms with van der Waals surface area (Å²) in [5, 5.41) is 0. The molecule has 7 aliphatic rings. The number of nitrogens with one attached hydrogen (secondary N) is 5. The Morgan fingerprint density at radius 2 is 0.559 bits per heavy atom. The highest BCUT2D eigenvalue weighted by Gasteiger charge is 2.49. The summed E-state index contributed by atoms with van der Waals surface area (Å²) in [5.74, 6) is 0.0678. The number of aromatic amines is 5. The van der Waals surface area contributed by atoms with Crippen LogP contribution in [0.5, 0.6) is 0 Å². The molecule has 7 aliphatic heterocycles. The molecule has 58 nitrogen and oxygen atoms in total. The highest BCUT2D eigenvalue weighted by atomic mass is 32.7. The largest absolute Gasteiger partial charge is 0.780 e. The second kappa shape index (κ2) is 43.8. The Balaban J connectivity index is 0.604. The Hall–Kier alpha value is -6.50. The van der Waals surface area contributed by atoms with Gasteiger partial charge in [0, 0.05) is 111 Å². The summed E-state index contributed by atoms with van der Waals surface area (Å²) >= 11 is 37.7. The Labute approximate surface area is 838 Å². The molecule has 0 aromatic carbocycles. The normalized spacial score (nSPS) is 29.8. The lowest BCUT2D eigenvalue weighted by atomic mass is 10.2. The zero-order valence-corrected chi connectivity index (χ0v) is 87.0. The zero-order valence-electron chi connectivity index (χ0n) is 75.0. The number of aryl methyl sites for hydroxylation is 5. The van der Waals surface area contributed by atoms with E-state index >= 15 is 0 Å². The number of hydrogen-bond acceptors (Lipinski definition) is 53. The van der Waals surface area contributed by atoms with Crippen LogP contribution in [0.15, 0.2) is 104 Å². The molecule has 782 valence electrons. The number of fused-ring (bicyclic) bond motifs is 2. The maximum Gasteiger partial charge on any atom is 0.330 e. The molecule has 9 N–H and O–H groups in total. The van der Waals surface area contributed by atoms with E-state index in [0.717, 1.165) is 54.9 Å². The Morgan fingerprint density at radius 1 is 0.350 bits per heavy atom. The molecule has 9 aromatic heterocycles. The molecule has 28 atom stereocenters. The Morgan fingerprint density at radius 3 is 0.797 bits per heavy atom. The van der Waals surface area contributed by atoms with E-state index in [2.05, 4.69) is 54.8 Å². The van der Waals surface area contributed by atoms with Crippen LogP contribution in [0, 0.1) is 34.6 Å². The van der Waals surface area contributed by atoms with Crippen molar-refractivity contribution in [2.24, 2.45) is 0 Å². The average Bonchev–Trinajstić information content (AvgIpc) is 1.63. The third-order valence-corrected chi connectivity index (χ3v) is 34.6. The van der Waals surface area contributed by atoms with Crippen molar-refractivity contribution in [3.05, 3.63) is 188 Å². The molecule has 0 bridgehead atoms. The van der Waals surface area contributed by atoms with Crippen molar-refractivity contribution in [1.82, 2.24) is 86.8 Å². The number of imidazole rings is 2. The van der Waals surface area contributed by atoms with Gasteiger partial charge in [0.05, 0.1) is 101 Å². The SMILES string of the molecule is COP(=O)([S-])OC1C[C@H](n2cc(C)c(=O)[nH]c2=O)O[C@@H]1COP([O-])(=S)OC1C[C@H](n2cc(C)c(=O)[nH]c2=O)O[C@@H]1COP([O-])(=S)OC1C[C@H](n2cc(C)c(=O)[nH]c2=O)O[C@@H]1COP([O-])(=S)OC1C[C@H](n2cc(C)c(=O)[nH]c2=O)O[C@@H]1COP([O-])(=S)OC1C[C@H](n2cnc3c(N)ncnc32)O[C@@H]1COP([O-])(=S)OC1C[C@H](n2cc(C)c(=O)[nH]c2=O)O[C@@H]1COP([O-])(=S)OC1C[C@H](n2cnc3c(N)ncnc32)O[C@@H]1C. The third kappa shape index (κ3) is 25.9. The molecule has 16 heterocycles. The summed E-state index contributed by atoms with van der Waals surface area (Å²) in [6.07, 6.45) is -20.7. The Kier molecular flexibility index (Phi) is 33.5. The monoisotopic (exact) mass is 2270 g/mol. The van der Waals surface area contributed by atoms with Crippen LogP contribution in [-0.4, -0.2) is 219 Å². The number of hydrogen-bond donors (Lipinski definition) is 7. The van der Waals surface area contributed by atoms with Crippen LogP contribution in [0.2, 0.25) is 0 Å². The second-order valence-electron chi connectivity index (χ2n) is 33.4. The molecule has 14 unspecified atom stereocenters. The van der Waals surface area contributed by atoms with Crippen LogP contribution in [0.4, 0.5) is 11.6 Å². The highest BCUT2D eigenvalue weighted by molar-refractivity contribution is 8.32. The van der Waals surface area contributed by atoms with Gasteiger partial charge in [-0.15, -0.1) is 0 Å². The zero-order chi connectivity index (χ0) is 103. The van der Waals surface area contributed by atoms with Gasteiger partial charge in [0.2, 0.25) is 0 Å². The van der Waals surface area contributed by atoms with Gasteiger partial charge >= 0.3 is 28.4 Å². The lowest BCUT2D eigenvalue weighted by Crippen LogP contribution is -2.35. The van der Waals surface area contributed by atoms with Crippen molar-refractivity contribution in [3.63, 3.8) is 0 Å². The molecular formula is C71H86N20O38P7S7-7. The van der Waals surface area contributed by atoms with Gasteiger partial charge in [0.15, 0.2) is 29.7 Å². The first-order valence-electron chi connectivity index (χ1n) is 42.7. The molecule has 16 rings (SSSR count). The van der Waals surface area contributed by atoms with Crippen LogP contribution < -0.4 is 97.1 Å².